The van der Waals surface area contributed by atoms with Crippen LogP contribution in [0.2, 0.25) is 0 Å². The molecular weight excluding hydrogens is 374 g/mol. The Labute approximate surface area is 171 Å². The first kappa shape index (κ1) is 22.1. The number of esters is 2. The number of dihydropyridines is 1. The van der Waals surface area contributed by atoms with Gasteiger partial charge in [-0.05, 0) is 51.5 Å². The maximum atomic E-state index is 12.6. The zero-order valence-electron chi connectivity index (χ0n) is 17.0. The molecule has 0 spiro atoms. The zero-order valence-corrected chi connectivity index (χ0v) is 17.9. The summed E-state index contributed by atoms with van der Waals surface area (Å²) in [5.74, 6) is -0.143. The molecule has 1 aromatic rings. The lowest BCUT2D eigenvalue weighted by Crippen LogP contribution is -2.32. The summed E-state index contributed by atoms with van der Waals surface area (Å²) in [7, 11) is 0. The minimum absolute atomic E-state index is 0.297. The number of ether oxygens (including phenoxy) is 2. The van der Waals surface area contributed by atoms with Crippen molar-refractivity contribution in [3.05, 3.63) is 52.9 Å². The van der Waals surface area contributed by atoms with Crippen LogP contribution in [0, 0.1) is 5.92 Å². The van der Waals surface area contributed by atoms with E-state index in [4.69, 9.17) is 9.47 Å². The minimum atomic E-state index is -0.393. The molecule has 0 bridgehead atoms. The van der Waals surface area contributed by atoms with Gasteiger partial charge in [-0.15, -0.1) is 11.8 Å². The highest BCUT2D eigenvalue weighted by molar-refractivity contribution is 7.99. The van der Waals surface area contributed by atoms with Gasteiger partial charge in [0, 0.05) is 22.2 Å². The molecular formula is C22H29NO4S. The van der Waals surface area contributed by atoms with Crippen molar-refractivity contribution in [1.82, 2.24) is 5.32 Å². The number of carbonyl (C=O) groups is 2. The normalized spacial score (nSPS) is 16.6. The molecule has 2 rings (SSSR count). The fourth-order valence-corrected chi connectivity index (χ4v) is 4.17. The van der Waals surface area contributed by atoms with Crippen molar-refractivity contribution < 1.29 is 19.1 Å². The van der Waals surface area contributed by atoms with Gasteiger partial charge in [0.05, 0.1) is 24.4 Å². The van der Waals surface area contributed by atoms with Crippen LogP contribution < -0.4 is 5.32 Å². The molecule has 0 saturated carbocycles. The molecule has 5 nitrogen and oxygen atoms in total. The van der Waals surface area contributed by atoms with Crippen LogP contribution in [0.4, 0.5) is 0 Å². The molecule has 152 valence electrons. The van der Waals surface area contributed by atoms with E-state index in [-0.39, 0.29) is 11.9 Å². The Kier molecular flexibility index (Phi) is 8.64. The molecule has 1 unspecified atom stereocenters. The Bertz CT molecular complexity index is 755. The average molecular weight is 404 g/mol. The predicted octanol–water partition coefficient (Wildman–Crippen LogP) is 4.45. The Hall–Kier alpha value is -2.21. The summed E-state index contributed by atoms with van der Waals surface area (Å²) in [6.07, 6.45) is 1.77. The van der Waals surface area contributed by atoms with Crippen LogP contribution in [0.5, 0.6) is 0 Å². The van der Waals surface area contributed by atoms with Crippen molar-refractivity contribution in [2.24, 2.45) is 5.92 Å². The van der Waals surface area contributed by atoms with Gasteiger partial charge < -0.3 is 14.8 Å². The Morgan fingerprint density at radius 3 is 2.21 bits per heavy atom. The van der Waals surface area contributed by atoms with Gasteiger partial charge in [0.1, 0.15) is 0 Å². The number of nitrogens with one attached hydrogen (secondary N) is 1. The monoisotopic (exact) mass is 403 g/mol. The van der Waals surface area contributed by atoms with Crippen molar-refractivity contribution in [3.8, 4) is 0 Å². The number of hydrogen-bond acceptors (Lipinski definition) is 6. The van der Waals surface area contributed by atoms with Gasteiger partial charge in [-0.3, -0.25) is 0 Å². The number of thioether (sulfide) groups is 1. The molecule has 6 heteroatoms. The van der Waals surface area contributed by atoms with Crippen molar-refractivity contribution in [2.75, 3.05) is 19.0 Å². The van der Waals surface area contributed by atoms with E-state index in [9.17, 15) is 9.59 Å². The summed E-state index contributed by atoms with van der Waals surface area (Å²) in [6.45, 7) is 7.92. The van der Waals surface area contributed by atoms with E-state index in [1.54, 1.807) is 18.7 Å². The van der Waals surface area contributed by atoms with E-state index in [1.165, 1.54) is 4.90 Å². The van der Waals surface area contributed by atoms with E-state index in [0.29, 0.717) is 24.4 Å². The van der Waals surface area contributed by atoms with E-state index >= 15 is 0 Å². The molecule has 0 radical (unpaired) electrons. The predicted molar refractivity (Wildman–Crippen MR) is 112 cm³/mol. The summed E-state index contributed by atoms with van der Waals surface area (Å²) in [5.41, 5.74) is 2.42. The lowest BCUT2D eigenvalue weighted by Gasteiger charge is -2.27. The number of rotatable bonds is 9. The third-order valence-electron chi connectivity index (χ3n) is 4.55. The largest absolute Gasteiger partial charge is 0.463 e. The van der Waals surface area contributed by atoms with Crippen LogP contribution in [0.1, 0.15) is 40.5 Å². The third kappa shape index (κ3) is 5.89. The van der Waals surface area contributed by atoms with E-state index < -0.39 is 5.97 Å². The molecule has 1 aliphatic heterocycles. The molecule has 0 aliphatic carbocycles. The fraction of sp³-hybridized carbons (Fsp3) is 0.455. The van der Waals surface area contributed by atoms with E-state index in [1.807, 2.05) is 39.0 Å². The molecule has 1 atom stereocenters. The second-order valence-corrected chi connectivity index (χ2v) is 7.82. The highest BCUT2D eigenvalue weighted by Gasteiger charge is 2.33. The minimum Gasteiger partial charge on any atom is -0.463 e. The Balaban J connectivity index is 1.82. The van der Waals surface area contributed by atoms with Gasteiger partial charge in [-0.25, -0.2) is 9.59 Å². The average Bonchev–Trinajstić information content (AvgIpc) is 2.65. The number of carbonyl (C=O) groups excluding carboxylic acids is 2. The molecule has 1 aromatic carbocycles. The molecule has 0 saturated heterocycles. The van der Waals surface area contributed by atoms with Gasteiger partial charge in [0.2, 0.25) is 0 Å². The first-order valence-electron chi connectivity index (χ1n) is 9.66. The van der Waals surface area contributed by atoms with Crippen LogP contribution in [0.15, 0.2) is 57.8 Å². The molecule has 1 N–H and O–H groups in total. The van der Waals surface area contributed by atoms with E-state index in [0.717, 1.165) is 30.0 Å². The van der Waals surface area contributed by atoms with E-state index in [2.05, 4.69) is 17.4 Å². The fourth-order valence-electron chi connectivity index (χ4n) is 3.23. The summed E-state index contributed by atoms with van der Waals surface area (Å²) in [5, 5.41) is 3.11. The lowest BCUT2D eigenvalue weighted by atomic mass is 9.87. The van der Waals surface area contributed by atoms with Crippen molar-refractivity contribution >= 4 is 23.7 Å². The lowest BCUT2D eigenvalue weighted by molar-refractivity contribution is -0.140. The number of benzene rings is 1. The van der Waals surface area contributed by atoms with Crippen molar-refractivity contribution in [3.63, 3.8) is 0 Å². The maximum Gasteiger partial charge on any atom is 0.336 e. The number of allylic oxidation sites excluding steroid dienone is 2. The topological polar surface area (TPSA) is 64.6 Å². The van der Waals surface area contributed by atoms with Crippen LogP contribution in [-0.4, -0.2) is 30.9 Å². The maximum absolute atomic E-state index is 12.6. The summed E-state index contributed by atoms with van der Waals surface area (Å²) in [6, 6.07) is 10.2. The highest BCUT2D eigenvalue weighted by Crippen LogP contribution is 2.31. The van der Waals surface area contributed by atoms with Gasteiger partial charge in [-0.2, -0.15) is 0 Å². The zero-order chi connectivity index (χ0) is 20.5. The van der Waals surface area contributed by atoms with Crippen molar-refractivity contribution in [1.29, 1.82) is 0 Å². The summed E-state index contributed by atoms with van der Waals surface area (Å²) in [4.78, 5) is 26.1. The molecule has 0 aromatic heterocycles. The molecule has 28 heavy (non-hydrogen) atoms. The quantitative estimate of drug-likeness (QED) is 0.373. The molecule has 0 fully saturated rings. The Morgan fingerprint density at radius 2 is 1.61 bits per heavy atom. The van der Waals surface area contributed by atoms with Gasteiger partial charge in [0.25, 0.3) is 0 Å². The van der Waals surface area contributed by atoms with Gasteiger partial charge in [0.15, 0.2) is 0 Å². The number of unbranched alkanes of at least 4 members (excludes halogenated alkanes) is 1. The second kappa shape index (κ2) is 11.0. The Morgan fingerprint density at radius 1 is 1.00 bits per heavy atom. The molecule has 1 aliphatic rings. The van der Waals surface area contributed by atoms with Crippen LogP contribution in [0.25, 0.3) is 0 Å². The summed E-state index contributed by atoms with van der Waals surface area (Å²) < 4.78 is 10.6. The standard InChI is InChI=1S/C22H29NO4S/c1-5-26-21(24)19-15(2)20(17(4)23-16(19)3)22(25)27-13-9-10-14-28-18-11-7-6-8-12-18/h6-8,11-12,15,23H,5,9-10,13-14H2,1-4H3. The number of hydrogen-bond donors (Lipinski definition) is 1. The first-order chi connectivity index (χ1) is 13.5. The van der Waals surface area contributed by atoms with Gasteiger partial charge >= 0.3 is 11.9 Å². The van der Waals surface area contributed by atoms with Crippen molar-refractivity contribution in [2.45, 2.75) is 45.4 Å². The second-order valence-electron chi connectivity index (χ2n) is 6.65. The first-order valence-corrected chi connectivity index (χ1v) is 10.6. The third-order valence-corrected chi connectivity index (χ3v) is 5.65. The highest BCUT2D eigenvalue weighted by atomic mass is 32.2. The SMILES string of the molecule is CCOC(=O)C1=C(C)NC(C)=C(C(=O)OCCCCSc2ccccc2)C1C. The summed E-state index contributed by atoms with van der Waals surface area (Å²) >= 11 is 1.80. The molecule has 1 heterocycles. The van der Waals surface area contributed by atoms with Gasteiger partial charge in [-0.1, -0.05) is 25.1 Å². The van der Waals surface area contributed by atoms with Crippen LogP contribution in [-0.2, 0) is 19.1 Å². The van der Waals surface area contributed by atoms with Crippen LogP contribution >= 0.6 is 11.8 Å². The molecule has 0 amide bonds. The van der Waals surface area contributed by atoms with Crippen LogP contribution in [0.3, 0.4) is 0 Å². The smallest absolute Gasteiger partial charge is 0.336 e.